The van der Waals surface area contributed by atoms with E-state index in [2.05, 4.69) is 24.4 Å². The topological polar surface area (TPSA) is 66.5 Å². The Balaban J connectivity index is 1.62. The molecule has 7 heteroatoms. The summed E-state index contributed by atoms with van der Waals surface area (Å²) in [6.07, 6.45) is 2.34. The fraction of sp³-hybridized carbons (Fsp3) is 0.435. The Morgan fingerprint density at radius 2 is 1.93 bits per heavy atom. The van der Waals surface area contributed by atoms with Crippen molar-refractivity contribution in [2.45, 2.75) is 44.9 Å². The summed E-state index contributed by atoms with van der Waals surface area (Å²) in [5, 5.41) is 3.57. The first-order valence-corrected chi connectivity index (χ1v) is 12.4. The highest BCUT2D eigenvalue weighted by Crippen LogP contribution is 2.24. The number of benzene rings is 2. The third kappa shape index (κ3) is 5.84. The molecule has 0 unspecified atom stereocenters. The van der Waals surface area contributed by atoms with E-state index in [-0.39, 0.29) is 30.2 Å². The lowest BCUT2D eigenvalue weighted by molar-refractivity contribution is -0.126. The van der Waals surface area contributed by atoms with Crippen LogP contribution in [0.4, 0.5) is 0 Å². The van der Waals surface area contributed by atoms with Gasteiger partial charge in [-0.15, -0.1) is 0 Å². The molecule has 0 radical (unpaired) electrons. The van der Waals surface area contributed by atoms with Crippen LogP contribution in [0.2, 0.25) is 5.02 Å². The van der Waals surface area contributed by atoms with Gasteiger partial charge in [-0.1, -0.05) is 54.9 Å². The Morgan fingerprint density at radius 3 is 2.60 bits per heavy atom. The van der Waals surface area contributed by atoms with E-state index in [1.54, 1.807) is 24.3 Å². The maximum Gasteiger partial charge on any atom is 0.224 e. The van der Waals surface area contributed by atoms with Gasteiger partial charge in [0.05, 0.1) is 17.7 Å². The Morgan fingerprint density at radius 1 is 1.20 bits per heavy atom. The minimum absolute atomic E-state index is 0.0928. The number of carbonyl (C=O) groups excluding carboxylic acids is 1. The summed E-state index contributed by atoms with van der Waals surface area (Å²) in [7, 11) is -3.51. The van der Waals surface area contributed by atoms with Crippen LogP contribution in [0.5, 0.6) is 0 Å². The number of rotatable bonds is 7. The summed E-state index contributed by atoms with van der Waals surface area (Å²) >= 11 is 5.98. The summed E-state index contributed by atoms with van der Waals surface area (Å²) < 4.78 is 27.2. The van der Waals surface area contributed by atoms with Crippen molar-refractivity contribution in [3.05, 3.63) is 70.2 Å². The molecule has 1 amide bonds. The van der Waals surface area contributed by atoms with Gasteiger partial charge in [0.15, 0.2) is 0 Å². The third-order valence-corrected chi connectivity index (χ3v) is 7.68. The van der Waals surface area contributed by atoms with E-state index in [1.807, 2.05) is 19.1 Å². The van der Waals surface area contributed by atoms with E-state index in [4.69, 9.17) is 11.6 Å². The van der Waals surface area contributed by atoms with Gasteiger partial charge in [0.25, 0.3) is 0 Å². The van der Waals surface area contributed by atoms with Crippen molar-refractivity contribution in [3.8, 4) is 0 Å². The van der Waals surface area contributed by atoms with Gasteiger partial charge in [0, 0.05) is 18.1 Å². The Labute approximate surface area is 184 Å². The second kappa shape index (κ2) is 9.94. The zero-order chi connectivity index (χ0) is 21.7. The summed E-state index contributed by atoms with van der Waals surface area (Å²) in [5.41, 5.74) is 2.95. The number of nitrogens with one attached hydrogen (secondary N) is 1. The van der Waals surface area contributed by atoms with E-state index < -0.39 is 10.0 Å². The van der Waals surface area contributed by atoms with E-state index in [1.165, 1.54) is 9.87 Å². The molecule has 2 atom stereocenters. The van der Waals surface area contributed by atoms with Crippen LogP contribution in [0.15, 0.2) is 48.5 Å². The minimum atomic E-state index is -3.51. The number of hydrogen-bond acceptors (Lipinski definition) is 3. The van der Waals surface area contributed by atoms with Crippen molar-refractivity contribution in [1.29, 1.82) is 0 Å². The van der Waals surface area contributed by atoms with E-state index in [9.17, 15) is 13.2 Å². The molecule has 0 aromatic heterocycles. The summed E-state index contributed by atoms with van der Waals surface area (Å²) in [6.45, 7) is 4.72. The quantitative estimate of drug-likeness (QED) is 0.685. The fourth-order valence-corrected chi connectivity index (χ4v) is 5.60. The van der Waals surface area contributed by atoms with Crippen molar-refractivity contribution >= 4 is 27.5 Å². The van der Waals surface area contributed by atoms with Crippen molar-refractivity contribution in [1.82, 2.24) is 9.62 Å². The standard InChI is InChI=1S/C23H29ClN2O3S/c1-3-18-9-11-20(12-10-18)17(2)25-23(27)21-7-5-13-26(15-21)30(28,29)16-19-6-4-8-22(24)14-19/h4,6,8-12,14,17,21H,3,5,7,13,15-16H2,1-2H3,(H,25,27)/t17-,21-/m0/s1. The van der Waals surface area contributed by atoms with E-state index in [0.717, 1.165) is 12.0 Å². The molecule has 5 nitrogen and oxygen atoms in total. The minimum Gasteiger partial charge on any atom is -0.349 e. The highest BCUT2D eigenvalue weighted by molar-refractivity contribution is 7.88. The summed E-state index contributed by atoms with van der Waals surface area (Å²) in [6, 6.07) is 15.0. The molecule has 1 aliphatic heterocycles. The van der Waals surface area contributed by atoms with Crippen LogP contribution in [-0.4, -0.2) is 31.7 Å². The average Bonchev–Trinajstić information content (AvgIpc) is 2.73. The molecule has 1 heterocycles. The third-order valence-electron chi connectivity index (χ3n) is 5.63. The maximum atomic E-state index is 12.9. The van der Waals surface area contributed by atoms with Crippen LogP contribution in [-0.2, 0) is 27.0 Å². The van der Waals surface area contributed by atoms with Crippen LogP contribution in [0.3, 0.4) is 0 Å². The molecule has 30 heavy (non-hydrogen) atoms. The predicted octanol–water partition coefficient (Wildman–Crippen LogP) is 4.32. The molecule has 0 spiro atoms. The molecule has 1 fully saturated rings. The fourth-order valence-electron chi connectivity index (χ4n) is 3.79. The number of carbonyl (C=O) groups is 1. The maximum absolute atomic E-state index is 12.9. The second-order valence-corrected chi connectivity index (χ2v) is 10.3. The number of hydrogen-bond donors (Lipinski definition) is 1. The summed E-state index contributed by atoms with van der Waals surface area (Å²) in [4.78, 5) is 12.8. The Hall–Kier alpha value is -1.89. The van der Waals surface area contributed by atoms with Gasteiger partial charge in [-0.25, -0.2) is 12.7 Å². The zero-order valence-electron chi connectivity index (χ0n) is 17.5. The van der Waals surface area contributed by atoms with Crippen LogP contribution < -0.4 is 5.32 Å². The Bertz CT molecular complexity index is 976. The number of sulfonamides is 1. The molecule has 1 saturated heterocycles. The van der Waals surface area contributed by atoms with Crippen molar-refractivity contribution < 1.29 is 13.2 Å². The summed E-state index contributed by atoms with van der Waals surface area (Å²) in [5.74, 6) is -0.544. The first-order valence-electron chi connectivity index (χ1n) is 10.4. The van der Waals surface area contributed by atoms with Gasteiger partial charge in [-0.05, 0) is 55.0 Å². The molecule has 0 aliphatic carbocycles. The first kappa shape index (κ1) is 22.8. The van der Waals surface area contributed by atoms with Crippen molar-refractivity contribution in [3.63, 3.8) is 0 Å². The molecule has 2 aromatic rings. The number of nitrogens with zero attached hydrogens (tertiary/aromatic N) is 1. The van der Waals surface area contributed by atoms with Crippen LogP contribution >= 0.6 is 11.6 Å². The number of amides is 1. The predicted molar refractivity (Wildman–Crippen MR) is 121 cm³/mol. The largest absolute Gasteiger partial charge is 0.349 e. The van der Waals surface area contributed by atoms with Crippen LogP contribution in [0, 0.1) is 5.92 Å². The molecule has 3 rings (SSSR count). The van der Waals surface area contributed by atoms with Gasteiger partial charge < -0.3 is 5.32 Å². The number of aryl methyl sites for hydroxylation is 1. The lowest BCUT2D eigenvalue weighted by atomic mass is 9.97. The van der Waals surface area contributed by atoms with E-state index >= 15 is 0 Å². The number of halogens is 1. The number of piperidine rings is 1. The monoisotopic (exact) mass is 448 g/mol. The van der Waals surface area contributed by atoms with Crippen LogP contribution in [0.25, 0.3) is 0 Å². The molecule has 1 aliphatic rings. The van der Waals surface area contributed by atoms with Crippen molar-refractivity contribution in [2.75, 3.05) is 13.1 Å². The lowest BCUT2D eigenvalue weighted by Gasteiger charge is -2.32. The molecule has 162 valence electrons. The molecule has 0 saturated carbocycles. The van der Waals surface area contributed by atoms with Crippen LogP contribution in [0.1, 0.15) is 49.4 Å². The van der Waals surface area contributed by atoms with Gasteiger partial charge in [-0.3, -0.25) is 4.79 Å². The van der Waals surface area contributed by atoms with Gasteiger partial charge >= 0.3 is 0 Å². The molecular weight excluding hydrogens is 420 g/mol. The lowest BCUT2D eigenvalue weighted by Crippen LogP contribution is -2.46. The van der Waals surface area contributed by atoms with Crippen molar-refractivity contribution in [2.24, 2.45) is 5.92 Å². The van der Waals surface area contributed by atoms with Gasteiger partial charge in [0.1, 0.15) is 0 Å². The second-order valence-electron chi connectivity index (χ2n) is 7.91. The average molecular weight is 449 g/mol. The van der Waals surface area contributed by atoms with Gasteiger partial charge in [0.2, 0.25) is 15.9 Å². The SMILES string of the molecule is CCc1ccc([C@H](C)NC(=O)[C@H]2CCCN(S(=O)(=O)Cc3cccc(Cl)c3)C2)cc1. The smallest absolute Gasteiger partial charge is 0.224 e. The van der Waals surface area contributed by atoms with E-state index in [0.29, 0.717) is 30.0 Å². The molecule has 0 bridgehead atoms. The highest BCUT2D eigenvalue weighted by atomic mass is 35.5. The normalized spacial score (nSPS) is 18.7. The zero-order valence-corrected chi connectivity index (χ0v) is 19.0. The molecule has 1 N–H and O–H groups in total. The molecule has 2 aromatic carbocycles. The highest BCUT2D eigenvalue weighted by Gasteiger charge is 2.32. The van der Waals surface area contributed by atoms with Gasteiger partial charge in [-0.2, -0.15) is 0 Å². The molecular formula is C23H29ClN2O3S. The first-order chi connectivity index (χ1) is 14.3. The Kier molecular flexibility index (Phi) is 7.55.